The van der Waals surface area contributed by atoms with Crippen LogP contribution in [-0.4, -0.2) is 71.6 Å². The van der Waals surface area contributed by atoms with Crippen LogP contribution in [0.1, 0.15) is 10.4 Å². The van der Waals surface area contributed by atoms with Gasteiger partial charge in [0, 0.05) is 33.7 Å². The largest absolute Gasteiger partial charge is 0.508 e. The van der Waals surface area contributed by atoms with Crippen molar-refractivity contribution in [1.82, 2.24) is 15.1 Å². The van der Waals surface area contributed by atoms with Crippen molar-refractivity contribution in [3.8, 4) is 11.5 Å². The van der Waals surface area contributed by atoms with E-state index in [1.165, 1.54) is 28.0 Å². The molecule has 7 heteroatoms. The molecular formula is C14H19N3O4. The van der Waals surface area contributed by atoms with E-state index in [4.69, 9.17) is 0 Å². The lowest BCUT2D eigenvalue weighted by Crippen LogP contribution is -2.59. The van der Waals surface area contributed by atoms with E-state index in [1.54, 1.807) is 14.1 Å². The number of carbonyl (C=O) groups is 2. The Bertz CT molecular complexity index is 559. The van der Waals surface area contributed by atoms with Gasteiger partial charge in [-0.15, -0.1) is 0 Å². The molecule has 0 aromatic heterocycles. The van der Waals surface area contributed by atoms with Gasteiger partial charge in [-0.05, 0) is 18.2 Å². The zero-order valence-electron chi connectivity index (χ0n) is 12.0. The Morgan fingerprint density at radius 3 is 2.71 bits per heavy atom. The van der Waals surface area contributed by atoms with E-state index in [0.29, 0.717) is 19.6 Å². The molecule has 1 aromatic carbocycles. The fraction of sp³-hybridized carbons (Fsp3) is 0.429. The maximum atomic E-state index is 12.6. The molecule has 0 radical (unpaired) electrons. The number of hydrogen-bond acceptors (Lipinski definition) is 5. The highest BCUT2D eigenvalue weighted by atomic mass is 16.3. The molecule has 0 saturated carbocycles. The molecular weight excluding hydrogens is 274 g/mol. The van der Waals surface area contributed by atoms with Crippen molar-refractivity contribution in [3.05, 3.63) is 23.8 Å². The molecule has 2 amide bonds. The smallest absolute Gasteiger partial charge is 0.258 e. The summed E-state index contributed by atoms with van der Waals surface area (Å²) in [6.45, 7) is 1.29. The fourth-order valence-corrected chi connectivity index (χ4v) is 2.32. The van der Waals surface area contributed by atoms with Crippen LogP contribution in [-0.2, 0) is 4.79 Å². The highest BCUT2D eigenvalue weighted by molar-refractivity contribution is 6.00. The number of phenolic OH excluding ortho intramolecular Hbond substituents is 2. The highest BCUT2D eigenvalue weighted by Crippen LogP contribution is 2.24. The van der Waals surface area contributed by atoms with Gasteiger partial charge in [-0.25, -0.2) is 0 Å². The molecule has 0 aliphatic carbocycles. The Kier molecular flexibility index (Phi) is 4.32. The van der Waals surface area contributed by atoms with Crippen LogP contribution in [0.25, 0.3) is 0 Å². The minimum Gasteiger partial charge on any atom is -0.508 e. The highest BCUT2D eigenvalue weighted by Gasteiger charge is 2.34. The number of hydrogen-bond donors (Lipinski definition) is 3. The average Bonchev–Trinajstić information content (AvgIpc) is 2.48. The standard InChI is InChI=1S/C14H19N3O4/c1-16(2)14(21)11-8-15-5-6-17(11)13(20)10-7-9(18)3-4-12(10)19/h3-4,7,11,15,18-19H,5-6,8H2,1-2H3. The Labute approximate surface area is 122 Å². The molecule has 1 aromatic rings. The lowest BCUT2D eigenvalue weighted by molar-refractivity contribution is -0.134. The van der Waals surface area contributed by atoms with Crippen LogP contribution in [0.5, 0.6) is 11.5 Å². The monoisotopic (exact) mass is 293 g/mol. The van der Waals surface area contributed by atoms with Crippen LogP contribution in [0.15, 0.2) is 18.2 Å². The molecule has 114 valence electrons. The van der Waals surface area contributed by atoms with Crippen molar-refractivity contribution in [3.63, 3.8) is 0 Å². The van der Waals surface area contributed by atoms with Crippen molar-refractivity contribution in [2.45, 2.75) is 6.04 Å². The molecule has 1 fully saturated rings. The Balaban J connectivity index is 2.30. The molecule has 1 heterocycles. The number of amides is 2. The predicted octanol–water partition coefficient (Wildman–Crippen LogP) is -0.400. The minimum absolute atomic E-state index is 0.00606. The van der Waals surface area contributed by atoms with Gasteiger partial charge in [-0.1, -0.05) is 0 Å². The average molecular weight is 293 g/mol. The van der Waals surface area contributed by atoms with Gasteiger partial charge in [0.2, 0.25) is 5.91 Å². The molecule has 7 nitrogen and oxygen atoms in total. The van der Waals surface area contributed by atoms with Gasteiger partial charge >= 0.3 is 0 Å². The maximum absolute atomic E-state index is 12.6. The second kappa shape index (κ2) is 6.01. The van der Waals surface area contributed by atoms with Gasteiger partial charge in [0.15, 0.2) is 0 Å². The molecule has 3 N–H and O–H groups in total. The third-order valence-electron chi connectivity index (χ3n) is 3.44. The van der Waals surface area contributed by atoms with E-state index >= 15 is 0 Å². The summed E-state index contributed by atoms with van der Waals surface area (Å²) >= 11 is 0. The SMILES string of the molecule is CN(C)C(=O)C1CNCCN1C(=O)c1cc(O)ccc1O. The van der Waals surface area contributed by atoms with E-state index in [0.717, 1.165) is 0 Å². The first kappa shape index (κ1) is 15.1. The normalized spacial score (nSPS) is 18.4. The number of likely N-dealkylation sites (N-methyl/N-ethyl adjacent to an activating group) is 1. The van der Waals surface area contributed by atoms with Gasteiger partial charge in [-0.2, -0.15) is 0 Å². The number of benzene rings is 1. The number of aromatic hydroxyl groups is 2. The number of rotatable bonds is 2. The first-order valence-corrected chi connectivity index (χ1v) is 6.66. The van der Waals surface area contributed by atoms with Crippen LogP contribution in [0.4, 0.5) is 0 Å². The number of nitrogens with one attached hydrogen (secondary N) is 1. The van der Waals surface area contributed by atoms with E-state index in [2.05, 4.69) is 5.32 Å². The second-order valence-electron chi connectivity index (χ2n) is 5.15. The maximum Gasteiger partial charge on any atom is 0.258 e. The van der Waals surface area contributed by atoms with E-state index in [1.807, 2.05) is 0 Å². The zero-order valence-corrected chi connectivity index (χ0v) is 12.0. The van der Waals surface area contributed by atoms with Crippen LogP contribution in [0.3, 0.4) is 0 Å². The van der Waals surface area contributed by atoms with E-state index < -0.39 is 11.9 Å². The summed E-state index contributed by atoms with van der Waals surface area (Å²) in [7, 11) is 3.26. The van der Waals surface area contributed by atoms with Crippen LogP contribution in [0.2, 0.25) is 0 Å². The Morgan fingerprint density at radius 1 is 1.33 bits per heavy atom. The molecule has 0 spiro atoms. The summed E-state index contributed by atoms with van der Waals surface area (Å²) in [6, 6.07) is 3.14. The first-order chi connectivity index (χ1) is 9.91. The molecule has 1 unspecified atom stereocenters. The van der Waals surface area contributed by atoms with Crippen molar-refractivity contribution < 1.29 is 19.8 Å². The molecule has 0 bridgehead atoms. The topological polar surface area (TPSA) is 93.1 Å². The summed E-state index contributed by atoms with van der Waals surface area (Å²) in [5.41, 5.74) is -0.00606. The Morgan fingerprint density at radius 2 is 2.05 bits per heavy atom. The van der Waals surface area contributed by atoms with E-state index in [9.17, 15) is 19.8 Å². The number of piperazine rings is 1. The van der Waals surface area contributed by atoms with Gasteiger partial charge in [0.1, 0.15) is 17.5 Å². The fourth-order valence-electron chi connectivity index (χ4n) is 2.32. The summed E-state index contributed by atoms with van der Waals surface area (Å²) in [4.78, 5) is 27.6. The Hall–Kier alpha value is -2.28. The van der Waals surface area contributed by atoms with Gasteiger partial charge < -0.3 is 25.3 Å². The number of carbonyl (C=O) groups excluding carboxylic acids is 2. The lowest BCUT2D eigenvalue weighted by atomic mass is 10.1. The predicted molar refractivity (Wildman–Crippen MR) is 76.2 cm³/mol. The van der Waals surface area contributed by atoms with Crippen LogP contribution in [0, 0.1) is 0 Å². The second-order valence-corrected chi connectivity index (χ2v) is 5.15. The quantitative estimate of drug-likeness (QED) is 0.645. The molecule has 21 heavy (non-hydrogen) atoms. The molecule has 2 rings (SSSR count). The van der Waals surface area contributed by atoms with Crippen molar-refractivity contribution in [2.75, 3.05) is 33.7 Å². The number of phenols is 2. The summed E-state index contributed by atoms with van der Waals surface area (Å²) in [5.74, 6) is -0.977. The van der Waals surface area contributed by atoms with E-state index in [-0.39, 0.29) is 23.0 Å². The third kappa shape index (κ3) is 3.08. The summed E-state index contributed by atoms with van der Waals surface area (Å²) in [5, 5.41) is 22.4. The van der Waals surface area contributed by atoms with Gasteiger partial charge in [0.05, 0.1) is 5.56 Å². The van der Waals surface area contributed by atoms with Crippen molar-refractivity contribution >= 4 is 11.8 Å². The minimum atomic E-state index is -0.622. The van der Waals surface area contributed by atoms with Crippen molar-refractivity contribution in [2.24, 2.45) is 0 Å². The lowest BCUT2D eigenvalue weighted by Gasteiger charge is -2.36. The molecule has 1 atom stereocenters. The number of nitrogens with zero attached hydrogens (tertiary/aromatic N) is 2. The first-order valence-electron chi connectivity index (χ1n) is 6.66. The van der Waals surface area contributed by atoms with Gasteiger partial charge in [0.25, 0.3) is 5.91 Å². The zero-order chi connectivity index (χ0) is 15.6. The van der Waals surface area contributed by atoms with Gasteiger partial charge in [-0.3, -0.25) is 9.59 Å². The molecule has 1 aliphatic rings. The molecule has 1 saturated heterocycles. The summed E-state index contributed by atoms with van der Waals surface area (Å²) < 4.78 is 0. The van der Waals surface area contributed by atoms with Crippen LogP contribution >= 0.6 is 0 Å². The van der Waals surface area contributed by atoms with Crippen molar-refractivity contribution in [1.29, 1.82) is 0 Å². The molecule has 1 aliphatic heterocycles. The summed E-state index contributed by atoms with van der Waals surface area (Å²) in [6.07, 6.45) is 0. The third-order valence-corrected chi connectivity index (χ3v) is 3.44. The van der Waals surface area contributed by atoms with Crippen LogP contribution < -0.4 is 5.32 Å².